The largest absolute Gasteiger partial charge is 0.388 e. The minimum atomic E-state index is -1.04. The van der Waals surface area contributed by atoms with Crippen molar-refractivity contribution in [3.63, 3.8) is 0 Å². The summed E-state index contributed by atoms with van der Waals surface area (Å²) in [7, 11) is 0. The van der Waals surface area contributed by atoms with Crippen LogP contribution in [-0.4, -0.2) is 16.0 Å². The Hall–Kier alpha value is -2.27. The van der Waals surface area contributed by atoms with Gasteiger partial charge in [0.1, 0.15) is 5.82 Å². The number of benzene rings is 1. The van der Waals surface area contributed by atoms with E-state index in [1.165, 1.54) is 18.2 Å². The normalized spacial score (nSPS) is 11.9. The van der Waals surface area contributed by atoms with Crippen LogP contribution in [0.1, 0.15) is 23.8 Å². The summed E-state index contributed by atoms with van der Waals surface area (Å²) < 4.78 is 13.0. The lowest BCUT2D eigenvalue weighted by atomic mass is 10.1. The summed E-state index contributed by atoms with van der Waals surface area (Å²) in [4.78, 5) is 15.8. The quantitative estimate of drug-likeness (QED) is 0.900. The van der Waals surface area contributed by atoms with Crippen molar-refractivity contribution >= 4 is 11.6 Å². The first-order valence-corrected chi connectivity index (χ1v) is 6.20. The number of halogens is 1. The molecule has 1 heterocycles. The van der Waals surface area contributed by atoms with Crippen molar-refractivity contribution in [1.29, 1.82) is 0 Å². The fourth-order valence-electron chi connectivity index (χ4n) is 1.76. The highest BCUT2D eigenvalue weighted by Crippen LogP contribution is 2.18. The van der Waals surface area contributed by atoms with Crippen molar-refractivity contribution in [2.24, 2.45) is 0 Å². The van der Waals surface area contributed by atoms with Crippen molar-refractivity contribution in [2.75, 3.05) is 5.32 Å². The number of aryl methyl sites for hydroxylation is 1. The fraction of sp³-hybridized carbons (Fsp3) is 0.200. The molecule has 1 atom stereocenters. The van der Waals surface area contributed by atoms with E-state index in [4.69, 9.17) is 0 Å². The monoisotopic (exact) mass is 274 g/mol. The zero-order valence-electron chi connectivity index (χ0n) is 11.0. The smallest absolute Gasteiger partial charge is 0.227 e. The molecule has 0 bridgehead atoms. The molecule has 1 unspecified atom stereocenters. The molecule has 0 radical (unpaired) electrons. The molecule has 0 aliphatic heterocycles. The van der Waals surface area contributed by atoms with E-state index in [0.717, 1.165) is 5.69 Å². The van der Waals surface area contributed by atoms with Crippen LogP contribution in [0, 0.1) is 12.7 Å². The molecule has 4 nitrogen and oxygen atoms in total. The number of aliphatic hydroxyl groups is 1. The minimum absolute atomic E-state index is 0.142. The van der Waals surface area contributed by atoms with E-state index in [0.29, 0.717) is 11.3 Å². The fourth-order valence-corrected chi connectivity index (χ4v) is 1.76. The summed E-state index contributed by atoms with van der Waals surface area (Å²) in [5.74, 6) is -0.794. The van der Waals surface area contributed by atoms with Crippen LogP contribution in [0.25, 0.3) is 0 Å². The summed E-state index contributed by atoms with van der Waals surface area (Å²) in [6.45, 7) is 1.85. The first-order chi connectivity index (χ1) is 9.54. The van der Waals surface area contributed by atoms with Crippen LogP contribution < -0.4 is 5.32 Å². The third kappa shape index (κ3) is 3.86. The van der Waals surface area contributed by atoms with Crippen LogP contribution in [0.15, 0.2) is 42.6 Å². The Labute approximate surface area is 116 Å². The third-order valence-electron chi connectivity index (χ3n) is 2.81. The summed E-state index contributed by atoms with van der Waals surface area (Å²) in [6, 6.07) is 9.08. The number of rotatable bonds is 4. The summed E-state index contributed by atoms with van der Waals surface area (Å²) in [5, 5.41) is 12.5. The van der Waals surface area contributed by atoms with Crippen molar-refractivity contribution in [3.05, 3.63) is 59.7 Å². The van der Waals surface area contributed by atoms with Crippen LogP contribution in [-0.2, 0) is 4.79 Å². The molecule has 20 heavy (non-hydrogen) atoms. The molecular weight excluding hydrogens is 259 g/mol. The summed E-state index contributed by atoms with van der Waals surface area (Å²) in [6.07, 6.45) is 0.364. The minimum Gasteiger partial charge on any atom is -0.388 e. The highest BCUT2D eigenvalue weighted by molar-refractivity contribution is 5.90. The molecular formula is C15H15FN2O2. The molecule has 1 amide bonds. The van der Waals surface area contributed by atoms with Crippen LogP contribution in [0.5, 0.6) is 0 Å². The average Bonchev–Trinajstić information content (AvgIpc) is 2.41. The number of anilines is 1. The molecule has 0 spiro atoms. The lowest BCUT2D eigenvalue weighted by Crippen LogP contribution is -2.15. The second-order valence-electron chi connectivity index (χ2n) is 4.51. The SMILES string of the molecule is Cc1ccc(NC(=O)CC(O)c2cccc(F)c2)cn1. The second-order valence-corrected chi connectivity index (χ2v) is 4.51. The Bertz CT molecular complexity index is 599. The third-order valence-corrected chi connectivity index (χ3v) is 2.81. The van der Waals surface area contributed by atoms with Gasteiger partial charge in [-0.15, -0.1) is 0 Å². The number of carbonyl (C=O) groups excluding carboxylic acids is 1. The van der Waals surface area contributed by atoms with E-state index >= 15 is 0 Å². The van der Waals surface area contributed by atoms with Crippen LogP contribution in [0.3, 0.4) is 0 Å². The van der Waals surface area contributed by atoms with Crippen molar-refractivity contribution in [3.8, 4) is 0 Å². The van der Waals surface area contributed by atoms with Gasteiger partial charge in [-0.05, 0) is 36.8 Å². The number of aromatic nitrogens is 1. The van der Waals surface area contributed by atoms with Gasteiger partial charge in [0.2, 0.25) is 5.91 Å². The molecule has 104 valence electrons. The van der Waals surface area contributed by atoms with Crippen molar-refractivity contribution < 1.29 is 14.3 Å². The van der Waals surface area contributed by atoms with Gasteiger partial charge in [0, 0.05) is 5.69 Å². The number of nitrogens with one attached hydrogen (secondary N) is 1. The van der Waals surface area contributed by atoms with Gasteiger partial charge in [0.05, 0.1) is 24.4 Å². The summed E-state index contributed by atoms with van der Waals surface area (Å²) >= 11 is 0. The van der Waals surface area contributed by atoms with Gasteiger partial charge in [-0.2, -0.15) is 0 Å². The molecule has 0 fully saturated rings. The average molecular weight is 274 g/mol. The van der Waals surface area contributed by atoms with Crippen LogP contribution in [0.4, 0.5) is 10.1 Å². The number of nitrogens with zero attached hydrogens (tertiary/aromatic N) is 1. The Morgan fingerprint density at radius 2 is 2.20 bits per heavy atom. The molecule has 1 aromatic heterocycles. The number of hydrogen-bond donors (Lipinski definition) is 2. The van der Waals surface area contributed by atoms with Gasteiger partial charge in [-0.3, -0.25) is 9.78 Å². The number of pyridine rings is 1. The molecule has 0 saturated carbocycles. The van der Waals surface area contributed by atoms with Gasteiger partial charge in [-0.25, -0.2) is 4.39 Å². The van der Waals surface area contributed by atoms with Gasteiger partial charge in [-0.1, -0.05) is 12.1 Å². The molecule has 2 N–H and O–H groups in total. The van der Waals surface area contributed by atoms with E-state index < -0.39 is 11.9 Å². The number of aliphatic hydroxyl groups excluding tert-OH is 1. The highest BCUT2D eigenvalue weighted by atomic mass is 19.1. The standard InChI is InChI=1S/C15H15FN2O2/c1-10-5-6-13(9-17-10)18-15(20)8-14(19)11-3-2-4-12(16)7-11/h2-7,9,14,19H,8H2,1H3,(H,18,20). The molecule has 2 aromatic rings. The van der Waals surface area contributed by atoms with Crippen molar-refractivity contribution in [2.45, 2.75) is 19.4 Å². The molecule has 0 saturated heterocycles. The lowest BCUT2D eigenvalue weighted by molar-refractivity contribution is -0.118. The predicted octanol–water partition coefficient (Wildman–Crippen LogP) is 2.59. The number of carbonyl (C=O) groups is 1. The van der Waals surface area contributed by atoms with Gasteiger partial charge >= 0.3 is 0 Å². The van der Waals surface area contributed by atoms with E-state index in [2.05, 4.69) is 10.3 Å². The van der Waals surface area contributed by atoms with E-state index in [1.54, 1.807) is 24.4 Å². The number of amides is 1. The molecule has 1 aromatic carbocycles. The van der Waals surface area contributed by atoms with Crippen molar-refractivity contribution in [1.82, 2.24) is 4.98 Å². The topological polar surface area (TPSA) is 62.2 Å². The first-order valence-electron chi connectivity index (χ1n) is 6.20. The maximum atomic E-state index is 13.0. The second kappa shape index (κ2) is 6.25. The molecule has 2 rings (SSSR count). The van der Waals surface area contributed by atoms with Crippen LogP contribution >= 0.6 is 0 Å². The molecule has 0 aliphatic rings. The van der Waals surface area contributed by atoms with Gasteiger partial charge in [0.25, 0.3) is 0 Å². The molecule has 5 heteroatoms. The van der Waals surface area contributed by atoms with Gasteiger partial charge < -0.3 is 10.4 Å². The van der Waals surface area contributed by atoms with Gasteiger partial charge in [0.15, 0.2) is 0 Å². The van der Waals surface area contributed by atoms with Crippen LogP contribution in [0.2, 0.25) is 0 Å². The lowest BCUT2D eigenvalue weighted by Gasteiger charge is -2.11. The van der Waals surface area contributed by atoms with E-state index in [1.807, 2.05) is 6.92 Å². The number of hydrogen-bond acceptors (Lipinski definition) is 3. The molecule has 0 aliphatic carbocycles. The maximum Gasteiger partial charge on any atom is 0.227 e. The zero-order chi connectivity index (χ0) is 14.5. The zero-order valence-corrected chi connectivity index (χ0v) is 11.0. The predicted molar refractivity (Wildman–Crippen MR) is 73.6 cm³/mol. The Kier molecular flexibility index (Phi) is 4.42. The van der Waals surface area contributed by atoms with E-state index in [-0.39, 0.29) is 12.3 Å². The maximum absolute atomic E-state index is 13.0. The Morgan fingerprint density at radius 3 is 2.85 bits per heavy atom. The Balaban J connectivity index is 1.95. The summed E-state index contributed by atoms with van der Waals surface area (Å²) in [5.41, 5.74) is 1.79. The highest BCUT2D eigenvalue weighted by Gasteiger charge is 2.13. The first kappa shape index (κ1) is 14.1. The Morgan fingerprint density at radius 1 is 1.40 bits per heavy atom. The van der Waals surface area contributed by atoms with E-state index in [9.17, 15) is 14.3 Å².